The van der Waals surface area contributed by atoms with Crippen LogP contribution in [0.4, 0.5) is 0 Å². The Kier molecular flexibility index (Phi) is 4.30. The molecular formula is C19H14N2O2. The first-order chi connectivity index (χ1) is 11.3. The molecule has 0 amide bonds. The summed E-state index contributed by atoms with van der Waals surface area (Å²) in [6.07, 6.45) is 1.50. The van der Waals surface area contributed by atoms with Crippen LogP contribution in [0.1, 0.15) is 32.7 Å². The molecule has 2 aromatic carbocycles. The van der Waals surface area contributed by atoms with Crippen molar-refractivity contribution in [2.75, 3.05) is 0 Å². The van der Waals surface area contributed by atoms with E-state index in [2.05, 4.69) is 22.4 Å². The van der Waals surface area contributed by atoms with E-state index < -0.39 is 6.04 Å². The molecule has 0 bridgehead atoms. The van der Waals surface area contributed by atoms with Crippen LogP contribution in [0.2, 0.25) is 0 Å². The molecule has 0 aromatic heterocycles. The summed E-state index contributed by atoms with van der Waals surface area (Å²) in [6, 6.07) is 15.8. The number of ketones is 2. The van der Waals surface area contributed by atoms with Crippen LogP contribution in [0, 0.1) is 11.8 Å². The lowest BCUT2D eigenvalue weighted by atomic mass is 9.86. The van der Waals surface area contributed by atoms with Crippen molar-refractivity contribution in [2.24, 2.45) is 5.10 Å². The second-order valence-electron chi connectivity index (χ2n) is 5.11. The van der Waals surface area contributed by atoms with Gasteiger partial charge >= 0.3 is 0 Å². The predicted octanol–water partition coefficient (Wildman–Crippen LogP) is 2.45. The van der Waals surface area contributed by atoms with Crippen molar-refractivity contribution in [2.45, 2.75) is 12.5 Å². The van der Waals surface area contributed by atoms with Gasteiger partial charge in [-0.3, -0.25) is 15.0 Å². The summed E-state index contributed by atoms with van der Waals surface area (Å²) in [5.74, 6) is 5.54. The average Bonchev–Trinajstić information content (AvgIpc) is 2.60. The van der Waals surface area contributed by atoms with Gasteiger partial charge < -0.3 is 0 Å². The molecule has 2 aromatic rings. The minimum Gasteiger partial charge on any atom is -0.298 e. The fourth-order valence-electron chi connectivity index (χ4n) is 2.42. The molecule has 1 unspecified atom stereocenters. The molecule has 112 valence electrons. The summed E-state index contributed by atoms with van der Waals surface area (Å²) in [5, 5.41) is 3.95. The number of hydrogen-bond donors (Lipinski definition) is 1. The Labute approximate surface area is 134 Å². The third-order valence-electron chi connectivity index (χ3n) is 3.55. The van der Waals surface area contributed by atoms with Gasteiger partial charge in [0.15, 0.2) is 11.6 Å². The topological polar surface area (TPSA) is 58.5 Å². The first kappa shape index (κ1) is 14.7. The lowest BCUT2D eigenvalue weighted by Crippen LogP contribution is -2.40. The smallest absolute Gasteiger partial charge is 0.187 e. The predicted molar refractivity (Wildman–Crippen MR) is 88.5 cm³/mol. The van der Waals surface area contributed by atoms with Gasteiger partial charge in [-0.05, 0) is 18.1 Å². The SMILES string of the molecule is O=C1CC(N/N=C/C#Cc2ccccc2)C(=O)c2ccccc21. The zero-order valence-corrected chi connectivity index (χ0v) is 12.3. The maximum atomic E-state index is 12.3. The average molecular weight is 302 g/mol. The van der Waals surface area contributed by atoms with Crippen LogP contribution in [0.15, 0.2) is 59.7 Å². The fourth-order valence-corrected chi connectivity index (χ4v) is 2.42. The van der Waals surface area contributed by atoms with Crippen LogP contribution < -0.4 is 5.43 Å². The van der Waals surface area contributed by atoms with Crippen molar-refractivity contribution in [1.29, 1.82) is 0 Å². The Morgan fingerprint density at radius 2 is 1.70 bits per heavy atom. The van der Waals surface area contributed by atoms with Crippen molar-refractivity contribution < 1.29 is 9.59 Å². The lowest BCUT2D eigenvalue weighted by molar-refractivity contribution is 0.0850. The number of fused-ring (bicyclic) bond motifs is 1. The maximum absolute atomic E-state index is 12.3. The summed E-state index contributed by atoms with van der Waals surface area (Å²) in [5.41, 5.74) is 4.55. The van der Waals surface area contributed by atoms with E-state index >= 15 is 0 Å². The number of nitrogens with one attached hydrogen (secondary N) is 1. The van der Waals surface area contributed by atoms with Gasteiger partial charge in [-0.1, -0.05) is 48.4 Å². The molecule has 1 N–H and O–H groups in total. The van der Waals surface area contributed by atoms with Crippen LogP contribution in [0.5, 0.6) is 0 Å². The summed E-state index contributed by atoms with van der Waals surface area (Å²) in [6.45, 7) is 0. The number of nitrogens with zero attached hydrogens (tertiary/aromatic N) is 1. The van der Waals surface area contributed by atoms with Crippen molar-refractivity contribution in [3.63, 3.8) is 0 Å². The second-order valence-corrected chi connectivity index (χ2v) is 5.11. The Morgan fingerprint density at radius 1 is 1.00 bits per heavy atom. The van der Waals surface area contributed by atoms with E-state index in [9.17, 15) is 9.59 Å². The Balaban J connectivity index is 1.66. The molecule has 1 aliphatic rings. The third-order valence-corrected chi connectivity index (χ3v) is 3.55. The molecule has 4 heteroatoms. The summed E-state index contributed by atoms with van der Waals surface area (Å²) in [7, 11) is 0. The van der Waals surface area contributed by atoms with Gasteiger partial charge in [0.1, 0.15) is 6.04 Å². The maximum Gasteiger partial charge on any atom is 0.187 e. The van der Waals surface area contributed by atoms with Gasteiger partial charge in [-0.15, -0.1) is 0 Å². The highest BCUT2D eigenvalue weighted by atomic mass is 16.1. The van der Waals surface area contributed by atoms with Crippen LogP contribution in [0.3, 0.4) is 0 Å². The van der Waals surface area contributed by atoms with Gasteiger partial charge in [0.25, 0.3) is 0 Å². The summed E-state index contributed by atoms with van der Waals surface area (Å²) >= 11 is 0. The molecule has 3 rings (SSSR count). The van der Waals surface area contributed by atoms with Gasteiger partial charge in [0.2, 0.25) is 0 Å². The molecule has 1 atom stereocenters. The van der Waals surface area contributed by atoms with Gasteiger partial charge in [0, 0.05) is 23.1 Å². The number of hydrogen-bond acceptors (Lipinski definition) is 4. The normalized spacial score (nSPS) is 16.6. The van der Waals surface area contributed by atoms with E-state index in [4.69, 9.17) is 0 Å². The molecule has 4 nitrogen and oxygen atoms in total. The third kappa shape index (κ3) is 3.35. The quantitative estimate of drug-likeness (QED) is 0.526. The van der Waals surface area contributed by atoms with Gasteiger partial charge in [-0.2, -0.15) is 5.10 Å². The molecule has 0 heterocycles. The van der Waals surface area contributed by atoms with Crippen molar-refractivity contribution in [1.82, 2.24) is 5.43 Å². The van der Waals surface area contributed by atoms with E-state index in [0.29, 0.717) is 11.1 Å². The number of carbonyl (C=O) groups is 2. The lowest BCUT2D eigenvalue weighted by Gasteiger charge is -2.21. The Bertz CT molecular complexity index is 829. The van der Waals surface area contributed by atoms with Crippen molar-refractivity contribution in [3.05, 3.63) is 71.3 Å². The monoisotopic (exact) mass is 302 g/mol. The first-order valence-electron chi connectivity index (χ1n) is 7.26. The number of Topliss-reactive ketones (excluding diaryl/α,β-unsaturated/α-hetero) is 2. The van der Waals surface area contributed by atoms with Gasteiger partial charge in [-0.25, -0.2) is 0 Å². The Hall–Kier alpha value is -3.19. The summed E-state index contributed by atoms with van der Waals surface area (Å²) in [4.78, 5) is 24.4. The van der Waals surface area contributed by atoms with E-state index in [1.54, 1.807) is 24.3 Å². The molecule has 0 fully saturated rings. The minimum absolute atomic E-state index is 0.0525. The summed E-state index contributed by atoms with van der Waals surface area (Å²) < 4.78 is 0. The standard InChI is InChI=1S/C19H14N2O2/c22-18-13-17(19(23)16-11-5-4-10-15(16)18)21-20-12-6-9-14-7-2-1-3-8-14/h1-5,7-8,10-12,17,21H,13H2/b20-12+. The molecule has 0 saturated heterocycles. The van der Waals surface area contributed by atoms with Crippen molar-refractivity contribution in [3.8, 4) is 11.8 Å². The molecule has 23 heavy (non-hydrogen) atoms. The van der Waals surface area contributed by atoms with E-state index in [0.717, 1.165) is 5.56 Å². The number of benzene rings is 2. The van der Waals surface area contributed by atoms with E-state index in [1.165, 1.54) is 6.21 Å². The first-order valence-corrected chi connectivity index (χ1v) is 7.26. The molecule has 1 aliphatic carbocycles. The Morgan fingerprint density at radius 3 is 2.48 bits per heavy atom. The number of hydrazone groups is 1. The molecule has 0 radical (unpaired) electrons. The minimum atomic E-state index is -0.632. The zero-order valence-electron chi connectivity index (χ0n) is 12.3. The van der Waals surface area contributed by atoms with Crippen LogP contribution in [-0.2, 0) is 0 Å². The number of carbonyl (C=O) groups excluding carboxylic acids is 2. The second kappa shape index (κ2) is 6.71. The fraction of sp³-hybridized carbons (Fsp3) is 0.105. The largest absolute Gasteiger partial charge is 0.298 e. The number of rotatable bonds is 2. The molecule has 0 saturated carbocycles. The van der Waals surface area contributed by atoms with E-state index in [1.807, 2.05) is 30.3 Å². The highest BCUT2D eigenvalue weighted by molar-refractivity contribution is 6.16. The van der Waals surface area contributed by atoms with E-state index in [-0.39, 0.29) is 18.0 Å². The molecular weight excluding hydrogens is 288 g/mol. The van der Waals surface area contributed by atoms with Crippen LogP contribution >= 0.6 is 0 Å². The highest BCUT2D eigenvalue weighted by Crippen LogP contribution is 2.21. The van der Waals surface area contributed by atoms with Crippen molar-refractivity contribution >= 4 is 17.8 Å². The van der Waals surface area contributed by atoms with Crippen LogP contribution in [0.25, 0.3) is 0 Å². The zero-order chi connectivity index (χ0) is 16.1. The molecule has 0 aliphatic heterocycles. The van der Waals surface area contributed by atoms with Crippen LogP contribution in [-0.4, -0.2) is 23.8 Å². The van der Waals surface area contributed by atoms with Gasteiger partial charge in [0.05, 0.1) is 6.21 Å². The molecule has 0 spiro atoms. The highest BCUT2D eigenvalue weighted by Gasteiger charge is 2.31.